The number of carbonyl (C=O) groups is 2. The minimum atomic E-state index is -0.132. The van der Waals surface area contributed by atoms with Gasteiger partial charge < -0.3 is 19.3 Å². The Morgan fingerprint density at radius 1 is 1.14 bits per heavy atom. The lowest BCUT2D eigenvalue weighted by Crippen LogP contribution is -2.54. The van der Waals surface area contributed by atoms with Crippen molar-refractivity contribution in [2.24, 2.45) is 5.92 Å². The summed E-state index contributed by atoms with van der Waals surface area (Å²) >= 11 is 0. The Hall–Kier alpha value is -2.97. The minimum absolute atomic E-state index is 0.00118. The number of morpholine rings is 1. The normalized spacial score (nSPS) is 18.9. The molecule has 194 valence electrons. The van der Waals surface area contributed by atoms with Gasteiger partial charge in [-0.1, -0.05) is 12.1 Å². The number of benzene rings is 1. The van der Waals surface area contributed by atoms with Gasteiger partial charge in [-0.05, 0) is 61.9 Å². The Balaban J connectivity index is 1.46. The van der Waals surface area contributed by atoms with Crippen LogP contribution in [0.5, 0.6) is 5.75 Å². The highest BCUT2D eigenvalue weighted by Gasteiger charge is 2.35. The Kier molecular flexibility index (Phi) is 8.93. The number of methoxy groups -OCH3 is 1. The second kappa shape index (κ2) is 12.3. The number of hydrogen-bond donors (Lipinski definition) is 0. The Bertz CT molecular complexity index is 1000. The van der Waals surface area contributed by atoms with Crippen molar-refractivity contribution in [2.75, 3.05) is 53.6 Å². The van der Waals surface area contributed by atoms with Crippen LogP contribution >= 0.6 is 0 Å². The van der Waals surface area contributed by atoms with Crippen LogP contribution in [-0.4, -0.2) is 97.1 Å². The van der Waals surface area contributed by atoms with E-state index in [1.165, 1.54) is 0 Å². The maximum atomic E-state index is 13.4. The van der Waals surface area contributed by atoms with E-state index in [-0.39, 0.29) is 29.8 Å². The fourth-order valence-corrected chi connectivity index (χ4v) is 5.39. The van der Waals surface area contributed by atoms with E-state index >= 15 is 0 Å². The summed E-state index contributed by atoms with van der Waals surface area (Å²) in [4.78, 5) is 36.8. The van der Waals surface area contributed by atoms with Gasteiger partial charge in [-0.2, -0.15) is 0 Å². The quantitative estimate of drug-likeness (QED) is 0.562. The van der Waals surface area contributed by atoms with Gasteiger partial charge in [0.05, 0.1) is 31.9 Å². The molecule has 8 nitrogen and oxygen atoms in total. The number of rotatable bonds is 8. The second-order valence-corrected chi connectivity index (χ2v) is 9.77. The topological polar surface area (TPSA) is 75.2 Å². The number of pyridine rings is 1. The standard InChI is InChI=1S/C28H38N4O4/c1-21(31-14-16-36-17-15-31)27(33)32-12-9-23(10-13-32)26(19-22-6-4-8-25(18-22)35-3)30(2)28(34)24-7-5-11-29-20-24/h4-8,11,18,20-21,23,26H,9-10,12-17,19H2,1-3H3/t21-,26-/m0/s1. The predicted molar refractivity (Wildman–Crippen MR) is 138 cm³/mol. The monoisotopic (exact) mass is 494 g/mol. The number of aromatic nitrogens is 1. The third kappa shape index (κ3) is 6.23. The molecular weight excluding hydrogens is 456 g/mol. The summed E-state index contributed by atoms with van der Waals surface area (Å²) in [5.74, 6) is 1.25. The molecule has 0 saturated carbocycles. The van der Waals surface area contributed by atoms with Crippen LogP contribution in [0.2, 0.25) is 0 Å². The van der Waals surface area contributed by atoms with Crippen molar-refractivity contribution in [1.29, 1.82) is 0 Å². The molecule has 8 heteroatoms. The molecule has 0 aliphatic carbocycles. The van der Waals surface area contributed by atoms with Crippen molar-refractivity contribution in [1.82, 2.24) is 19.7 Å². The summed E-state index contributed by atoms with van der Waals surface area (Å²) in [6, 6.07) is 11.5. The maximum Gasteiger partial charge on any atom is 0.255 e. The predicted octanol–water partition coefficient (Wildman–Crippen LogP) is 2.73. The van der Waals surface area contributed by atoms with E-state index in [9.17, 15) is 9.59 Å². The summed E-state index contributed by atoms with van der Waals surface area (Å²) in [7, 11) is 3.55. The molecule has 0 radical (unpaired) electrons. The molecule has 0 bridgehead atoms. The number of piperidine rings is 1. The number of likely N-dealkylation sites (N-methyl/N-ethyl adjacent to an activating group) is 1. The molecule has 2 aromatic rings. The largest absolute Gasteiger partial charge is 0.497 e. The highest BCUT2D eigenvalue weighted by atomic mass is 16.5. The van der Waals surface area contributed by atoms with E-state index in [0.717, 1.165) is 43.7 Å². The fourth-order valence-electron chi connectivity index (χ4n) is 5.39. The molecule has 0 unspecified atom stereocenters. The van der Waals surface area contributed by atoms with Crippen molar-refractivity contribution in [3.8, 4) is 5.75 Å². The van der Waals surface area contributed by atoms with Crippen LogP contribution in [0.4, 0.5) is 0 Å². The zero-order chi connectivity index (χ0) is 25.5. The Morgan fingerprint density at radius 3 is 2.56 bits per heavy atom. The lowest BCUT2D eigenvalue weighted by molar-refractivity contribution is -0.139. The van der Waals surface area contributed by atoms with Gasteiger partial charge in [0.15, 0.2) is 0 Å². The van der Waals surface area contributed by atoms with Gasteiger partial charge in [-0.3, -0.25) is 19.5 Å². The molecule has 2 aliphatic heterocycles. The van der Waals surface area contributed by atoms with Crippen molar-refractivity contribution in [3.63, 3.8) is 0 Å². The van der Waals surface area contributed by atoms with E-state index in [1.54, 1.807) is 25.6 Å². The molecule has 3 heterocycles. The SMILES string of the molecule is COc1cccc(C[C@@H](C2CCN(C(=O)[C@H](C)N3CCOCC3)CC2)N(C)C(=O)c2cccnc2)c1. The van der Waals surface area contributed by atoms with Crippen LogP contribution in [0, 0.1) is 5.92 Å². The van der Waals surface area contributed by atoms with Crippen LogP contribution in [-0.2, 0) is 16.0 Å². The van der Waals surface area contributed by atoms with Gasteiger partial charge in [0, 0.05) is 51.7 Å². The summed E-state index contributed by atoms with van der Waals surface area (Å²) in [5, 5.41) is 0. The zero-order valence-corrected chi connectivity index (χ0v) is 21.6. The number of hydrogen-bond acceptors (Lipinski definition) is 6. The molecule has 4 rings (SSSR count). The molecule has 2 atom stereocenters. The van der Waals surface area contributed by atoms with Crippen LogP contribution in [0.1, 0.15) is 35.7 Å². The van der Waals surface area contributed by atoms with Crippen molar-refractivity contribution >= 4 is 11.8 Å². The van der Waals surface area contributed by atoms with Gasteiger partial charge >= 0.3 is 0 Å². The van der Waals surface area contributed by atoms with E-state index < -0.39 is 0 Å². The number of likely N-dealkylation sites (tertiary alicyclic amines) is 1. The first kappa shape index (κ1) is 26.1. The molecule has 2 amide bonds. The van der Waals surface area contributed by atoms with Crippen molar-refractivity contribution < 1.29 is 19.1 Å². The number of nitrogens with zero attached hydrogens (tertiary/aromatic N) is 4. The van der Waals surface area contributed by atoms with E-state index in [2.05, 4.69) is 16.0 Å². The molecule has 2 fully saturated rings. The Morgan fingerprint density at radius 2 is 1.89 bits per heavy atom. The number of ether oxygens (including phenoxy) is 2. The number of carbonyl (C=O) groups excluding carboxylic acids is 2. The molecule has 0 N–H and O–H groups in total. The van der Waals surface area contributed by atoms with Crippen LogP contribution in [0.3, 0.4) is 0 Å². The first-order valence-electron chi connectivity index (χ1n) is 12.9. The first-order chi connectivity index (χ1) is 17.5. The van der Waals surface area contributed by atoms with Gasteiger partial charge in [-0.25, -0.2) is 0 Å². The summed E-state index contributed by atoms with van der Waals surface area (Å²) in [5.41, 5.74) is 1.72. The zero-order valence-electron chi connectivity index (χ0n) is 21.6. The third-order valence-corrected chi connectivity index (χ3v) is 7.65. The lowest BCUT2D eigenvalue weighted by Gasteiger charge is -2.42. The summed E-state index contributed by atoms with van der Waals surface area (Å²) in [6.07, 6.45) is 5.75. The van der Waals surface area contributed by atoms with Gasteiger partial charge in [0.1, 0.15) is 5.75 Å². The van der Waals surface area contributed by atoms with E-state index in [1.807, 2.05) is 48.0 Å². The molecule has 2 saturated heterocycles. The van der Waals surface area contributed by atoms with Gasteiger partial charge in [0.25, 0.3) is 5.91 Å². The van der Waals surface area contributed by atoms with E-state index in [4.69, 9.17) is 9.47 Å². The molecule has 36 heavy (non-hydrogen) atoms. The lowest BCUT2D eigenvalue weighted by atomic mass is 9.84. The molecular formula is C28H38N4O4. The molecule has 2 aliphatic rings. The van der Waals surface area contributed by atoms with E-state index in [0.29, 0.717) is 31.9 Å². The molecule has 1 aromatic heterocycles. The van der Waals surface area contributed by atoms with Gasteiger partial charge in [-0.15, -0.1) is 0 Å². The summed E-state index contributed by atoms with van der Waals surface area (Å²) < 4.78 is 10.9. The molecule has 1 aromatic carbocycles. The first-order valence-corrected chi connectivity index (χ1v) is 12.9. The van der Waals surface area contributed by atoms with Crippen molar-refractivity contribution in [3.05, 3.63) is 59.9 Å². The average Bonchev–Trinajstić information content (AvgIpc) is 2.95. The summed E-state index contributed by atoms with van der Waals surface area (Å²) in [6.45, 7) is 6.39. The minimum Gasteiger partial charge on any atom is -0.497 e. The smallest absolute Gasteiger partial charge is 0.255 e. The Labute approximate surface area is 214 Å². The van der Waals surface area contributed by atoms with Crippen LogP contribution in [0.15, 0.2) is 48.8 Å². The van der Waals surface area contributed by atoms with Crippen molar-refractivity contribution in [2.45, 2.75) is 38.3 Å². The highest BCUT2D eigenvalue weighted by Crippen LogP contribution is 2.29. The number of amides is 2. The second-order valence-electron chi connectivity index (χ2n) is 9.77. The fraction of sp³-hybridized carbons (Fsp3) is 0.536. The van der Waals surface area contributed by atoms with Crippen LogP contribution < -0.4 is 4.74 Å². The third-order valence-electron chi connectivity index (χ3n) is 7.65. The van der Waals surface area contributed by atoms with Gasteiger partial charge in [0.2, 0.25) is 5.91 Å². The highest BCUT2D eigenvalue weighted by molar-refractivity contribution is 5.94. The molecule has 0 spiro atoms. The van der Waals surface area contributed by atoms with Crippen LogP contribution in [0.25, 0.3) is 0 Å². The maximum absolute atomic E-state index is 13.4. The average molecular weight is 495 g/mol.